The van der Waals surface area contributed by atoms with Gasteiger partial charge >= 0.3 is 37.4 Å². The van der Waals surface area contributed by atoms with Crippen LogP contribution in [0.25, 0.3) is 0 Å². The van der Waals surface area contributed by atoms with E-state index in [1.165, 1.54) is 18.2 Å². The Labute approximate surface area is 126 Å². The van der Waals surface area contributed by atoms with E-state index >= 15 is 0 Å². The maximum absolute atomic E-state index is 11.6. The van der Waals surface area contributed by atoms with Gasteiger partial charge in [-0.15, -0.1) is 0 Å². The van der Waals surface area contributed by atoms with Gasteiger partial charge in [-0.25, -0.2) is 4.57 Å². The van der Waals surface area contributed by atoms with Crippen molar-refractivity contribution >= 4 is 19.4 Å². The first-order valence-electron chi connectivity index (χ1n) is 4.53. The molecule has 0 saturated heterocycles. The van der Waals surface area contributed by atoms with Gasteiger partial charge in [0.2, 0.25) is 0 Å². The normalized spacial score (nSPS) is 13.9. The van der Waals surface area contributed by atoms with E-state index in [1.54, 1.807) is 0 Å². The molecule has 0 unspecified atom stereocenters. The summed E-state index contributed by atoms with van der Waals surface area (Å²) in [6, 6.07) is 4.00. The van der Waals surface area contributed by atoms with E-state index in [-0.39, 0.29) is 47.9 Å². The molecular weight excluding hydrogens is 270 g/mol. The third kappa shape index (κ3) is 3.17. The van der Waals surface area contributed by atoms with Crippen molar-refractivity contribution < 1.29 is 59.4 Å². The number of phosphoric acid groups is 1. The molecule has 18 heavy (non-hydrogen) atoms. The van der Waals surface area contributed by atoms with E-state index in [1.807, 2.05) is 0 Å². The molecule has 1 aliphatic rings. The van der Waals surface area contributed by atoms with E-state index in [4.69, 9.17) is 9.79 Å². The summed E-state index contributed by atoms with van der Waals surface area (Å²) in [6.07, 6.45) is 2.14. The predicted octanol–water partition coefficient (Wildman–Crippen LogP) is -1.79. The van der Waals surface area contributed by atoms with E-state index in [2.05, 4.69) is 4.52 Å². The Balaban J connectivity index is 0.00000162. The molecule has 0 saturated carbocycles. The van der Waals surface area contributed by atoms with Gasteiger partial charge in [0.15, 0.2) is 11.6 Å². The molecule has 1 aliphatic carbocycles. The number of benzene rings is 1. The summed E-state index contributed by atoms with van der Waals surface area (Å²) < 4.78 is 15.1. The number of carbonyl (C=O) groups is 2. The molecule has 2 rings (SSSR count). The van der Waals surface area contributed by atoms with Crippen LogP contribution in [0.3, 0.4) is 0 Å². The molecule has 0 amide bonds. The third-order valence-electron chi connectivity index (χ3n) is 2.14. The van der Waals surface area contributed by atoms with Crippen LogP contribution in [0.15, 0.2) is 30.4 Å². The molecular formula is C10H8NaO6P. The molecule has 1 aromatic carbocycles. The molecule has 0 aromatic heterocycles. The van der Waals surface area contributed by atoms with Crippen molar-refractivity contribution in [1.82, 2.24) is 0 Å². The Hall–Kier alpha value is -0.750. The number of rotatable bonds is 2. The largest absolute Gasteiger partial charge is 1.00 e. The van der Waals surface area contributed by atoms with E-state index < -0.39 is 19.4 Å². The van der Waals surface area contributed by atoms with Gasteiger partial charge in [0.1, 0.15) is 5.75 Å². The second-order valence-electron chi connectivity index (χ2n) is 3.32. The maximum atomic E-state index is 11.6. The van der Waals surface area contributed by atoms with Crippen molar-refractivity contribution in [2.45, 2.75) is 0 Å². The Kier molecular flexibility index (Phi) is 4.66. The molecule has 0 radical (unpaired) electrons. The number of carbonyl (C=O) groups excluding carboxylic acids is 2. The number of phosphoric ester groups is 1. The first-order chi connectivity index (χ1) is 7.88. The van der Waals surface area contributed by atoms with Crippen molar-refractivity contribution in [3.8, 4) is 5.75 Å². The first kappa shape index (κ1) is 15.3. The molecule has 0 fully saturated rings. The van der Waals surface area contributed by atoms with Gasteiger partial charge in [0.05, 0.1) is 5.56 Å². The maximum Gasteiger partial charge on any atom is 1.00 e. The second-order valence-corrected chi connectivity index (χ2v) is 4.49. The first-order valence-corrected chi connectivity index (χ1v) is 6.06. The third-order valence-corrected chi connectivity index (χ3v) is 2.58. The van der Waals surface area contributed by atoms with Gasteiger partial charge in [-0.05, 0) is 18.2 Å². The van der Waals surface area contributed by atoms with Gasteiger partial charge in [-0.1, -0.05) is 12.1 Å². The summed E-state index contributed by atoms with van der Waals surface area (Å²) in [5.74, 6) is -1.22. The molecule has 0 heterocycles. The zero-order valence-electron chi connectivity index (χ0n) is 10.4. The summed E-state index contributed by atoms with van der Waals surface area (Å²) in [4.78, 5) is 40.4. The Morgan fingerprint density at radius 1 is 1.11 bits per heavy atom. The van der Waals surface area contributed by atoms with Crippen LogP contribution in [0.4, 0.5) is 0 Å². The van der Waals surface area contributed by atoms with Crippen LogP contribution in [-0.4, -0.2) is 21.4 Å². The monoisotopic (exact) mass is 278 g/mol. The minimum atomic E-state index is -4.77. The zero-order valence-corrected chi connectivity index (χ0v) is 12.3. The van der Waals surface area contributed by atoms with Crippen LogP contribution in [-0.2, 0) is 4.57 Å². The van der Waals surface area contributed by atoms with Crippen LogP contribution in [0.2, 0.25) is 0 Å². The van der Waals surface area contributed by atoms with Crippen molar-refractivity contribution in [1.29, 1.82) is 0 Å². The van der Waals surface area contributed by atoms with Crippen LogP contribution in [0.1, 0.15) is 22.1 Å². The average Bonchev–Trinajstić information content (AvgIpc) is 2.21. The van der Waals surface area contributed by atoms with Crippen molar-refractivity contribution in [3.63, 3.8) is 0 Å². The Morgan fingerprint density at radius 3 is 2.33 bits per heavy atom. The number of hydrogen-bond acceptors (Lipinski definition) is 4. The molecule has 8 heteroatoms. The van der Waals surface area contributed by atoms with E-state index in [0.717, 1.165) is 12.2 Å². The van der Waals surface area contributed by atoms with Gasteiger partial charge in [-0.2, -0.15) is 0 Å². The molecule has 0 spiro atoms. The van der Waals surface area contributed by atoms with Crippen LogP contribution in [0, 0.1) is 0 Å². The van der Waals surface area contributed by atoms with Gasteiger partial charge in [0.25, 0.3) is 0 Å². The summed E-state index contributed by atoms with van der Waals surface area (Å²) in [5.41, 5.74) is -0.0493. The Bertz CT molecular complexity index is 594. The summed E-state index contributed by atoms with van der Waals surface area (Å²) in [6.45, 7) is 0. The number of ketones is 2. The van der Waals surface area contributed by atoms with Crippen molar-refractivity contribution in [2.24, 2.45) is 0 Å². The van der Waals surface area contributed by atoms with E-state index in [9.17, 15) is 14.2 Å². The fourth-order valence-electron chi connectivity index (χ4n) is 1.52. The summed E-state index contributed by atoms with van der Waals surface area (Å²) in [5, 5.41) is 0. The fourth-order valence-corrected chi connectivity index (χ4v) is 1.93. The second kappa shape index (κ2) is 5.48. The minimum absolute atomic E-state index is 0. The topological polar surface area (TPSA) is 101 Å². The summed E-state index contributed by atoms with van der Waals surface area (Å²) in [7, 11) is -4.77. The smallest absolute Gasteiger partial charge is 1.00 e. The molecule has 90 valence electrons. The molecule has 0 bridgehead atoms. The predicted molar refractivity (Wildman–Crippen MR) is 58.0 cm³/mol. The molecule has 0 aliphatic heterocycles. The molecule has 6 nitrogen and oxygen atoms in total. The van der Waals surface area contributed by atoms with Crippen molar-refractivity contribution in [3.05, 3.63) is 41.5 Å². The van der Waals surface area contributed by atoms with Gasteiger partial charge in [0, 0.05) is 5.56 Å². The quantitative estimate of drug-likeness (QED) is 0.489. The minimum Gasteiger partial charge on any atom is -1.00 e. The molecule has 0 atom stereocenters. The number of hydrogen-bond donors (Lipinski definition) is 2. The van der Waals surface area contributed by atoms with Crippen LogP contribution < -0.4 is 34.1 Å². The van der Waals surface area contributed by atoms with E-state index in [0.29, 0.717) is 0 Å². The van der Waals surface area contributed by atoms with Gasteiger partial charge in [-0.3, -0.25) is 19.4 Å². The van der Waals surface area contributed by atoms with Crippen molar-refractivity contribution in [2.75, 3.05) is 0 Å². The number of fused-ring (bicyclic) bond motifs is 1. The van der Waals surface area contributed by atoms with Gasteiger partial charge < -0.3 is 5.95 Å². The van der Waals surface area contributed by atoms with Crippen LogP contribution >= 0.6 is 7.82 Å². The zero-order chi connectivity index (χ0) is 12.6. The number of allylic oxidation sites excluding steroid dienone is 2. The summed E-state index contributed by atoms with van der Waals surface area (Å²) >= 11 is 0. The average molecular weight is 278 g/mol. The standard InChI is InChI=1S/C10H7O6P.Na.H/c11-7-4-5-8(12)10-6(7)2-1-3-9(10)16-17(13,14)15;;/h1-5H,(H2,13,14,15);;/q;+1;-1. The SMILES string of the molecule is O=C1C=CC(=O)c2c(OP(=O)(O)O)cccc21.[H-].[Na+]. The molecule has 2 N–H and O–H groups in total. The Morgan fingerprint density at radius 2 is 1.72 bits per heavy atom. The fraction of sp³-hybridized carbons (Fsp3) is 0. The molecule has 1 aromatic rings. The van der Waals surface area contributed by atoms with Crippen LogP contribution in [0.5, 0.6) is 5.75 Å².